The zero-order chi connectivity index (χ0) is 19.3. The van der Waals surface area contributed by atoms with Gasteiger partial charge in [-0.3, -0.25) is 4.90 Å². The van der Waals surface area contributed by atoms with Crippen molar-refractivity contribution in [3.8, 4) is 0 Å². The Morgan fingerprint density at radius 3 is 2.48 bits per heavy atom. The van der Waals surface area contributed by atoms with Crippen LogP contribution in [0.4, 0.5) is 4.79 Å². The lowest BCUT2D eigenvalue weighted by Crippen LogP contribution is -2.44. The van der Waals surface area contributed by atoms with Crippen molar-refractivity contribution in [2.45, 2.75) is 57.5 Å². The Kier molecular flexibility index (Phi) is 7.43. The number of hydrogen-bond acceptors (Lipinski definition) is 5. The average Bonchev–Trinajstić information content (AvgIpc) is 2.91. The van der Waals surface area contributed by atoms with Crippen LogP contribution in [0.2, 0.25) is 18.1 Å². The summed E-state index contributed by atoms with van der Waals surface area (Å²) < 4.78 is 16.2. The first-order valence-corrected chi connectivity index (χ1v) is 11.4. The fourth-order valence-electron chi connectivity index (χ4n) is 2.37. The van der Waals surface area contributed by atoms with E-state index < -0.39 is 20.4 Å². The van der Waals surface area contributed by atoms with Gasteiger partial charge in [0.25, 0.3) is 0 Å². The van der Waals surface area contributed by atoms with Crippen LogP contribution >= 0.6 is 0 Å². The number of nitrogens with zero attached hydrogens (tertiary/aromatic N) is 1. The number of carbonyl (C=O) groups excluding carboxylic acids is 2. The Morgan fingerprint density at radius 2 is 1.96 bits per heavy atom. The van der Waals surface area contributed by atoms with Crippen LogP contribution in [0.1, 0.15) is 27.2 Å². The van der Waals surface area contributed by atoms with Crippen LogP contribution in [0.15, 0.2) is 24.8 Å². The average molecular weight is 370 g/mol. The van der Waals surface area contributed by atoms with Gasteiger partial charge in [0.05, 0.1) is 19.3 Å². The van der Waals surface area contributed by atoms with Gasteiger partial charge in [0, 0.05) is 12.6 Å². The van der Waals surface area contributed by atoms with Crippen LogP contribution in [0.25, 0.3) is 0 Å². The minimum absolute atomic E-state index is 0.0792. The molecule has 2 atom stereocenters. The first kappa shape index (κ1) is 21.4. The highest BCUT2D eigenvalue weighted by Gasteiger charge is 2.43. The largest absolute Gasteiger partial charge is 0.466 e. The van der Waals surface area contributed by atoms with Gasteiger partial charge in [-0.15, -0.1) is 0 Å². The monoisotopic (exact) mass is 369 g/mol. The standard InChI is InChI=1S/C18H31NO5Si/c1-8-11-23-17(21)19-13-15(24-25(6,7)18(2,3)4)12-14(19)9-10-16(20)22-5/h8-10,14-15H,1,11-13H2,2-7H3. The Labute approximate surface area is 151 Å². The molecule has 1 aliphatic rings. The van der Waals surface area contributed by atoms with Crippen molar-refractivity contribution in [3.63, 3.8) is 0 Å². The lowest BCUT2D eigenvalue weighted by molar-refractivity contribution is -0.134. The molecular weight excluding hydrogens is 338 g/mol. The van der Waals surface area contributed by atoms with Crippen LogP contribution < -0.4 is 0 Å². The van der Waals surface area contributed by atoms with E-state index in [4.69, 9.17) is 9.16 Å². The highest BCUT2D eigenvalue weighted by molar-refractivity contribution is 6.74. The van der Waals surface area contributed by atoms with Gasteiger partial charge in [-0.25, -0.2) is 9.59 Å². The summed E-state index contributed by atoms with van der Waals surface area (Å²) in [4.78, 5) is 25.3. The van der Waals surface area contributed by atoms with Gasteiger partial charge in [0.15, 0.2) is 8.32 Å². The Bertz CT molecular complexity index is 524. The molecular formula is C18H31NO5Si. The molecule has 0 aromatic rings. The normalized spacial score (nSPS) is 21.4. The summed E-state index contributed by atoms with van der Waals surface area (Å²) in [6.07, 6.45) is 4.66. The third kappa shape index (κ3) is 6.00. The molecule has 0 bridgehead atoms. The molecule has 7 heteroatoms. The highest BCUT2D eigenvalue weighted by Crippen LogP contribution is 2.39. The third-order valence-corrected chi connectivity index (χ3v) is 9.32. The SMILES string of the molecule is C=CCOC(=O)N1CC(O[Si](C)(C)C(C)(C)C)CC1C=CC(=O)OC. The van der Waals surface area contributed by atoms with E-state index >= 15 is 0 Å². The van der Waals surface area contributed by atoms with Gasteiger partial charge < -0.3 is 13.9 Å². The van der Waals surface area contributed by atoms with Crippen molar-refractivity contribution in [2.75, 3.05) is 20.3 Å². The number of esters is 1. The number of amides is 1. The van der Waals surface area contributed by atoms with Gasteiger partial charge in [-0.05, 0) is 24.6 Å². The van der Waals surface area contributed by atoms with Crippen molar-refractivity contribution in [3.05, 3.63) is 24.8 Å². The summed E-state index contributed by atoms with van der Waals surface area (Å²) in [5, 5.41) is 0.0844. The Hall–Kier alpha value is -1.60. The fraction of sp³-hybridized carbons (Fsp3) is 0.667. The third-order valence-electron chi connectivity index (χ3n) is 4.79. The quantitative estimate of drug-likeness (QED) is 0.310. The Morgan fingerprint density at radius 1 is 1.32 bits per heavy atom. The van der Waals surface area contributed by atoms with E-state index in [1.54, 1.807) is 11.0 Å². The number of methoxy groups -OCH3 is 1. The number of carbonyl (C=O) groups is 2. The van der Waals surface area contributed by atoms with Crippen molar-refractivity contribution >= 4 is 20.4 Å². The van der Waals surface area contributed by atoms with Crippen LogP contribution in [0, 0.1) is 0 Å². The summed E-state index contributed by atoms with van der Waals surface area (Å²) >= 11 is 0. The van der Waals surface area contributed by atoms with E-state index in [1.807, 2.05) is 0 Å². The van der Waals surface area contributed by atoms with Crippen LogP contribution in [0.3, 0.4) is 0 Å². The summed E-state index contributed by atoms with van der Waals surface area (Å²) in [7, 11) is -0.631. The summed E-state index contributed by atoms with van der Waals surface area (Å²) in [6.45, 7) is 15.1. The summed E-state index contributed by atoms with van der Waals surface area (Å²) in [5.41, 5.74) is 0. The molecule has 1 heterocycles. The van der Waals surface area contributed by atoms with Crippen molar-refractivity contribution in [2.24, 2.45) is 0 Å². The minimum Gasteiger partial charge on any atom is -0.466 e. The summed E-state index contributed by atoms with van der Waals surface area (Å²) in [6, 6.07) is -0.258. The van der Waals surface area contributed by atoms with Crippen LogP contribution in [0.5, 0.6) is 0 Å². The minimum atomic E-state index is -1.95. The number of ether oxygens (including phenoxy) is 2. The fourth-order valence-corrected chi connectivity index (χ4v) is 3.73. The molecule has 1 fully saturated rings. The van der Waals surface area contributed by atoms with Gasteiger partial charge in [-0.2, -0.15) is 0 Å². The maximum absolute atomic E-state index is 12.3. The molecule has 0 spiro atoms. The predicted molar refractivity (Wildman–Crippen MR) is 99.9 cm³/mol. The van der Waals surface area contributed by atoms with Crippen molar-refractivity contribution in [1.29, 1.82) is 0 Å². The predicted octanol–water partition coefficient (Wildman–Crippen LogP) is 3.50. The van der Waals surface area contributed by atoms with Crippen molar-refractivity contribution < 1.29 is 23.5 Å². The number of hydrogen-bond donors (Lipinski definition) is 0. The smallest absolute Gasteiger partial charge is 0.410 e. The molecule has 6 nitrogen and oxygen atoms in total. The number of rotatable bonds is 6. The van der Waals surface area contributed by atoms with Crippen LogP contribution in [-0.2, 0) is 18.7 Å². The lowest BCUT2D eigenvalue weighted by atomic mass is 10.2. The second kappa shape index (κ2) is 8.67. The molecule has 142 valence electrons. The molecule has 1 rings (SSSR count). The molecule has 0 N–H and O–H groups in total. The summed E-state index contributed by atoms with van der Waals surface area (Å²) in [5.74, 6) is -0.451. The molecule has 0 saturated carbocycles. The molecule has 1 amide bonds. The Balaban J connectivity index is 2.89. The van der Waals surface area contributed by atoms with E-state index in [0.717, 1.165) is 0 Å². The molecule has 0 aromatic carbocycles. The molecule has 2 unspecified atom stereocenters. The molecule has 1 saturated heterocycles. The highest BCUT2D eigenvalue weighted by atomic mass is 28.4. The maximum Gasteiger partial charge on any atom is 0.410 e. The van der Waals surface area contributed by atoms with Gasteiger partial charge in [0.1, 0.15) is 6.61 Å². The van der Waals surface area contributed by atoms with Gasteiger partial charge in [0.2, 0.25) is 0 Å². The van der Waals surface area contributed by atoms with Gasteiger partial charge in [-0.1, -0.05) is 39.5 Å². The lowest BCUT2D eigenvalue weighted by Gasteiger charge is -2.38. The van der Waals surface area contributed by atoms with E-state index in [2.05, 4.69) is 45.2 Å². The maximum atomic E-state index is 12.3. The first-order valence-electron chi connectivity index (χ1n) is 8.50. The number of likely N-dealkylation sites (tertiary alicyclic amines) is 1. The van der Waals surface area contributed by atoms with E-state index in [-0.39, 0.29) is 23.8 Å². The second-order valence-corrected chi connectivity index (χ2v) is 12.5. The first-order chi connectivity index (χ1) is 11.5. The van der Waals surface area contributed by atoms with Crippen molar-refractivity contribution in [1.82, 2.24) is 4.90 Å². The van der Waals surface area contributed by atoms with E-state index in [0.29, 0.717) is 13.0 Å². The molecule has 0 aliphatic carbocycles. The van der Waals surface area contributed by atoms with Gasteiger partial charge >= 0.3 is 12.1 Å². The molecule has 25 heavy (non-hydrogen) atoms. The van der Waals surface area contributed by atoms with E-state index in [1.165, 1.54) is 19.3 Å². The zero-order valence-corrected chi connectivity index (χ0v) is 17.2. The topological polar surface area (TPSA) is 65.1 Å². The second-order valence-electron chi connectivity index (χ2n) is 7.70. The zero-order valence-electron chi connectivity index (χ0n) is 16.2. The van der Waals surface area contributed by atoms with Crippen LogP contribution in [-0.4, -0.2) is 57.7 Å². The molecule has 0 aromatic heterocycles. The molecule has 0 radical (unpaired) electrons. The molecule has 1 aliphatic heterocycles. The van der Waals surface area contributed by atoms with E-state index in [9.17, 15) is 9.59 Å².